The molecule has 176 valence electrons. The molecule has 2 heterocycles. The summed E-state index contributed by atoms with van der Waals surface area (Å²) in [5, 5.41) is 5.61. The minimum absolute atomic E-state index is 0.0427. The zero-order valence-electron chi connectivity index (χ0n) is 21.6. The maximum Gasteiger partial charge on any atom is 0.0627 e. The van der Waals surface area contributed by atoms with E-state index in [1.807, 2.05) is 0 Å². The summed E-state index contributed by atoms with van der Waals surface area (Å²) in [5.74, 6) is 0. The number of fused-ring (bicyclic) bond motifs is 14. The van der Waals surface area contributed by atoms with Crippen LogP contribution in [-0.4, -0.2) is 4.40 Å². The topological polar surface area (TPSA) is 4.41 Å². The Balaban J connectivity index is 1.62. The predicted octanol–water partition coefficient (Wildman–Crippen LogP) is 9.45. The summed E-state index contributed by atoms with van der Waals surface area (Å²) >= 11 is 0. The highest BCUT2D eigenvalue weighted by molar-refractivity contribution is 6.29. The molecular formula is C36H27N. The van der Waals surface area contributed by atoms with E-state index in [2.05, 4.69) is 123 Å². The fourth-order valence-electron chi connectivity index (χ4n) is 8.09. The molecule has 2 aliphatic carbocycles. The highest BCUT2D eigenvalue weighted by Gasteiger charge is 2.42. The molecule has 1 heteroatoms. The molecule has 0 amide bonds. The van der Waals surface area contributed by atoms with Gasteiger partial charge in [0.05, 0.1) is 16.6 Å². The van der Waals surface area contributed by atoms with Crippen molar-refractivity contribution >= 4 is 38.1 Å². The van der Waals surface area contributed by atoms with Gasteiger partial charge in [-0.05, 0) is 62.7 Å². The Labute approximate surface area is 216 Å². The molecule has 7 aromatic rings. The average Bonchev–Trinajstić information content (AvgIpc) is 3.57. The minimum atomic E-state index is -0.0696. The lowest BCUT2D eigenvalue weighted by atomic mass is 9.79. The molecule has 37 heavy (non-hydrogen) atoms. The minimum Gasteiger partial charge on any atom is -0.308 e. The van der Waals surface area contributed by atoms with E-state index in [0.29, 0.717) is 0 Å². The summed E-state index contributed by atoms with van der Waals surface area (Å²) in [7, 11) is 0. The van der Waals surface area contributed by atoms with Gasteiger partial charge in [0.2, 0.25) is 0 Å². The van der Waals surface area contributed by atoms with Crippen molar-refractivity contribution in [2.24, 2.45) is 0 Å². The maximum absolute atomic E-state index is 2.56. The third-order valence-corrected chi connectivity index (χ3v) is 9.69. The molecule has 2 aromatic heterocycles. The first-order valence-corrected chi connectivity index (χ1v) is 13.4. The Morgan fingerprint density at radius 2 is 1.19 bits per heavy atom. The molecule has 2 aliphatic rings. The van der Waals surface area contributed by atoms with E-state index in [0.717, 1.165) is 0 Å². The molecule has 0 radical (unpaired) electrons. The van der Waals surface area contributed by atoms with Crippen molar-refractivity contribution in [2.45, 2.75) is 38.5 Å². The van der Waals surface area contributed by atoms with Crippen LogP contribution >= 0.6 is 0 Å². The van der Waals surface area contributed by atoms with Crippen LogP contribution in [-0.2, 0) is 10.8 Å². The van der Waals surface area contributed by atoms with E-state index in [1.54, 1.807) is 0 Å². The second kappa shape index (κ2) is 6.06. The zero-order chi connectivity index (χ0) is 24.8. The van der Waals surface area contributed by atoms with E-state index < -0.39 is 0 Å². The molecule has 0 fully saturated rings. The van der Waals surface area contributed by atoms with E-state index in [1.165, 1.54) is 82.6 Å². The van der Waals surface area contributed by atoms with Gasteiger partial charge >= 0.3 is 0 Å². The van der Waals surface area contributed by atoms with Crippen molar-refractivity contribution in [1.82, 2.24) is 4.40 Å². The van der Waals surface area contributed by atoms with Crippen molar-refractivity contribution in [1.29, 1.82) is 0 Å². The normalized spacial score (nSPS) is 16.5. The Kier molecular flexibility index (Phi) is 3.28. The van der Waals surface area contributed by atoms with E-state index >= 15 is 0 Å². The molecule has 0 aliphatic heterocycles. The number of rotatable bonds is 0. The van der Waals surface area contributed by atoms with Crippen molar-refractivity contribution in [3.63, 3.8) is 0 Å². The van der Waals surface area contributed by atoms with Crippen LogP contribution in [0.4, 0.5) is 0 Å². The second-order valence-corrected chi connectivity index (χ2v) is 12.1. The summed E-state index contributed by atoms with van der Waals surface area (Å²) in [5.41, 5.74) is 15.3. The second-order valence-electron chi connectivity index (χ2n) is 12.1. The molecule has 0 unspecified atom stereocenters. The number of para-hydroxylation sites is 1. The van der Waals surface area contributed by atoms with E-state index in [4.69, 9.17) is 0 Å². The number of aromatic nitrogens is 1. The molecular weight excluding hydrogens is 446 g/mol. The SMILES string of the molecule is CC1(C)c2ccccc2-c2c1cc1c3ccccc3n3c4ccc5c(c4c2c13)C(C)(C)c1ccccc1-5. The average molecular weight is 474 g/mol. The molecule has 9 rings (SSSR count). The maximum atomic E-state index is 2.56. The van der Waals surface area contributed by atoms with E-state index in [-0.39, 0.29) is 10.8 Å². The van der Waals surface area contributed by atoms with Crippen molar-refractivity contribution in [2.75, 3.05) is 0 Å². The summed E-state index contributed by atoms with van der Waals surface area (Å²) in [6, 6.07) is 34.4. The standard InChI is InChI=1S/C36H27N/c1-35(2)26-15-9-6-13-23(26)30-27(35)19-24-21-12-7-10-16-28(21)37-29-18-17-22-20-11-5-8-14-25(20)36(3,4)33(22)31(29)32(30)34(24)37/h5-19H,1-4H3. The van der Waals surface area contributed by atoms with Crippen molar-refractivity contribution in [3.05, 3.63) is 113 Å². The lowest BCUT2D eigenvalue weighted by Crippen LogP contribution is -2.15. The fraction of sp³-hybridized carbons (Fsp3) is 0.167. The van der Waals surface area contributed by atoms with E-state index in [9.17, 15) is 0 Å². The smallest absolute Gasteiger partial charge is 0.0627 e. The zero-order valence-corrected chi connectivity index (χ0v) is 21.6. The lowest BCUT2D eigenvalue weighted by Gasteiger charge is -2.23. The first kappa shape index (κ1) is 20.0. The quantitative estimate of drug-likeness (QED) is 0.207. The Hall–Kier alpha value is -4.10. The molecule has 0 spiro atoms. The number of nitrogens with zero attached hydrogens (tertiary/aromatic N) is 1. The van der Waals surface area contributed by atoms with Crippen LogP contribution in [0.5, 0.6) is 0 Å². The van der Waals surface area contributed by atoms with Crippen LogP contribution < -0.4 is 0 Å². The summed E-state index contributed by atoms with van der Waals surface area (Å²) < 4.78 is 2.56. The van der Waals surface area contributed by atoms with Gasteiger partial charge in [0.1, 0.15) is 0 Å². The number of hydrogen-bond donors (Lipinski definition) is 0. The van der Waals surface area contributed by atoms with Gasteiger partial charge in [-0.3, -0.25) is 0 Å². The largest absolute Gasteiger partial charge is 0.308 e. The molecule has 1 nitrogen and oxygen atoms in total. The van der Waals surface area contributed by atoms with Gasteiger partial charge in [-0.2, -0.15) is 0 Å². The lowest BCUT2D eigenvalue weighted by molar-refractivity contribution is 0.661. The predicted molar refractivity (Wildman–Crippen MR) is 156 cm³/mol. The molecule has 0 bridgehead atoms. The van der Waals surface area contributed by atoms with Crippen LogP contribution in [0.25, 0.3) is 60.3 Å². The highest BCUT2D eigenvalue weighted by atomic mass is 14.9. The van der Waals surface area contributed by atoms with Crippen LogP contribution in [0.1, 0.15) is 49.9 Å². The Morgan fingerprint density at radius 1 is 0.514 bits per heavy atom. The third kappa shape index (κ3) is 2.05. The van der Waals surface area contributed by atoms with Crippen LogP contribution in [0, 0.1) is 0 Å². The van der Waals surface area contributed by atoms with Gasteiger partial charge in [0.25, 0.3) is 0 Å². The summed E-state index contributed by atoms with van der Waals surface area (Å²) in [6.45, 7) is 9.64. The van der Waals surface area contributed by atoms with Gasteiger partial charge in [0, 0.05) is 32.4 Å². The first-order valence-electron chi connectivity index (χ1n) is 13.4. The van der Waals surface area contributed by atoms with Gasteiger partial charge in [0.15, 0.2) is 0 Å². The molecule has 5 aromatic carbocycles. The summed E-state index contributed by atoms with van der Waals surface area (Å²) in [4.78, 5) is 0. The third-order valence-electron chi connectivity index (χ3n) is 9.69. The highest BCUT2D eigenvalue weighted by Crippen LogP contribution is 2.59. The first-order chi connectivity index (χ1) is 17.9. The monoisotopic (exact) mass is 473 g/mol. The van der Waals surface area contributed by atoms with Crippen LogP contribution in [0.2, 0.25) is 0 Å². The molecule has 0 saturated carbocycles. The van der Waals surface area contributed by atoms with Crippen molar-refractivity contribution < 1.29 is 0 Å². The number of hydrogen-bond acceptors (Lipinski definition) is 0. The Bertz CT molecular complexity index is 2130. The van der Waals surface area contributed by atoms with Gasteiger partial charge in [-0.1, -0.05) is 100 Å². The van der Waals surface area contributed by atoms with Crippen molar-refractivity contribution in [3.8, 4) is 22.3 Å². The molecule has 0 saturated heterocycles. The fourth-order valence-corrected chi connectivity index (χ4v) is 8.09. The van der Waals surface area contributed by atoms with Gasteiger partial charge in [-0.25, -0.2) is 0 Å². The van der Waals surface area contributed by atoms with Crippen LogP contribution in [0.3, 0.4) is 0 Å². The molecule has 0 atom stereocenters. The van der Waals surface area contributed by atoms with Gasteiger partial charge in [-0.15, -0.1) is 0 Å². The van der Waals surface area contributed by atoms with Gasteiger partial charge < -0.3 is 4.40 Å². The number of benzene rings is 5. The Morgan fingerprint density at radius 3 is 2.00 bits per heavy atom. The summed E-state index contributed by atoms with van der Waals surface area (Å²) in [6.07, 6.45) is 0. The van der Waals surface area contributed by atoms with Crippen LogP contribution in [0.15, 0.2) is 91.0 Å². The molecule has 0 N–H and O–H groups in total.